The lowest BCUT2D eigenvalue weighted by molar-refractivity contribution is -0.364. The maximum absolute atomic E-state index is 12.6. The number of hydrogen-bond acceptors (Lipinski definition) is 7. The van der Waals surface area contributed by atoms with Crippen molar-refractivity contribution >= 4 is 39.6 Å². The number of nitrogens with zero attached hydrogens (tertiary/aromatic N) is 3. The highest BCUT2D eigenvalue weighted by atomic mass is 35.5. The Kier molecular flexibility index (Phi) is 4.95. The number of aromatic nitrogens is 3. The molecule has 0 fully saturated rings. The molecule has 0 amide bonds. The van der Waals surface area contributed by atoms with Gasteiger partial charge in [0.1, 0.15) is 23.5 Å². The second-order valence-electron chi connectivity index (χ2n) is 5.12. The van der Waals surface area contributed by atoms with E-state index in [1.54, 1.807) is 7.05 Å². The fourth-order valence-electron chi connectivity index (χ4n) is 2.09. The molecule has 12 heteroatoms. The zero-order chi connectivity index (χ0) is 18.0. The molecule has 0 unspecified atom stereocenters. The van der Waals surface area contributed by atoms with Crippen molar-refractivity contribution in [3.05, 3.63) is 27.9 Å². The van der Waals surface area contributed by atoms with Crippen molar-refractivity contribution < 1.29 is 23.0 Å². The van der Waals surface area contributed by atoms with Gasteiger partial charge in [-0.15, -0.1) is 10.2 Å². The SMILES string of the molecule is CNc1nnc(C2=NO[C@@H](CNc3[nH+]cc(C(F)(F)F)cc3Cl)C2)s1. The second kappa shape index (κ2) is 7.00. The van der Waals surface area contributed by atoms with E-state index in [1.165, 1.54) is 11.3 Å². The highest BCUT2D eigenvalue weighted by Gasteiger charge is 2.33. The number of anilines is 2. The number of alkyl halides is 3. The first-order valence-electron chi connectivity index (χ1n) is 7.13. The lowest BCUT2D eigenvalue weighted by atomic mass is 10.2. The topological polar surface area (TPSA) is 85.6 Å². The maximum atomic E-state index is 12.6. The number of oxime groups is 1. The highest BCUT2D eigenvalue weighted by Crippen LogP contribution is 2.31. The fourth-order valence-corrected chi connectivity index (χ4v) is 3.02. The van der Waals surface area contributed by atoms with Gasteiger partial charge in [0.2, 0.25) is 5.13 Å². The van der Waals surface area contributed by atoms with Gasteiger partial charge in [-0.05, 0) is 6.07 Å². The van der Waals surface area contributed by atoms with Crippen LogP contribution < -0.4 is 15.6 Å². The number of aromatic amines is 1. The van der Waals surface area contributed by atoms with Crippen LogP contribution in [0.5, 0.6) is 0 Å². The molecule has 3 heterocycles. The van der Waals surface area contributed by atoms with Crippen LogP contribution in [-0.4, -0.2) is 35.6 Å². The highest BCUT2D eigenvalue weighted by molar-refractivity contribution is 7.17. The minimum atomic E-state index is -4.45. The van der Waals surface area contributed by atoms with E-state index in [9.17, 15) is 13.2 Å². The molecular formula is C13H13ClF3N6OS+. The Hall–Kier alpha value is -2.14. The molecule has 2 aromatic rings. The van der Waals surface area contributed by atoms with E-state index in [0.29, 0.717) is 28.8 Å². The Balaban J connectivity index is 1.57. The largest absolute Gasteiger partial charge is 0.419 e. The zero-order valence-electron chi connectivity index (χ0n) is 12.8. The van der Waals surface area contributed by atoms with Crippen molar-refractivity contribution in [2.45, 2.75) is 18.7 Å². The van der Waals surface area contributed by atoms with Crippen LogP contribution in [0.3, 0.4) is 0 Å². The maximum Gasteiger partial charge on any atom is 0.419 e. The van der Waals surface area contributed by atoms with Gasteiger partial charge in [-0.3, -0.25) is 5.32 Å². The molecule has 0 spiro atoms. The lowest BCUT2D eigenvalue weighted by Crippen LogP contribution is -2.25. The Labute approximate surface area is 149 Å². The molecule has 0 aromatic carbocycles. The van der Waals surface area contributed by atoms with Gasteiger partial charge in [-0.2, -0.15) is 13.2 Å². The van der Waals surface area contributed by atoms with E-state index in [1.807, 2.05) is 0 Å². The zero-order valence-corrected chi connectivity index (χ0v) is 14.4. The average molecular weight is 394 g/mol. The van der Waals surface area contributed by atoms with Crippen LogP contribution in [0, 0.1) is 0 Å². The number of pyridine rings is 1. The monoisotopic (exact) mass is 393 g/mol. The summed E-state index contributed by atoms with van der Waals surface area (Å²) < 4.78 is 37.8. The number of rotatable bonds is 5. The molecule has 0 bridgehead atoms. The molecule has 134 valence electrons. The number of nitrogens with one attached hydrogen (secondary N) is 3. The van der Waals surface area contributed by atoms with Gasteiger partial charge in [0.25, 0.3) is 5.82 Å². The van der Waals surface area contributed by atoms with E-state index in [4.69, 9.17) is 16.4 Å². The molecule has 25 heavy (non-hydrogen) atoms. The first kappa shape index (κ1) is 17.7. The summed E-state index contributed by atoms with van der Waals surface area (Å²) in [7, 11) is 1.74. The van der Waals surface area contributed by atoms with Gasteiger partial charge >= 0.3 is 6.18 Å². The van der Waals surface area contributed by atoms with E-state index in [0.717, 1.165) is 12.3 Å². The average Bonchev–Trinajstić information content (AvgIpc) is 3.21. The predicted octanol–water partition coefficient (Wildman–Crippen LogP) is 2.67. The molecule has 0 aliphatic carbocycles. The van der Waals surface area contributed by atoms with Crippen molar-refractivity contribution in [2.75, 3.05) is 24.2 Å². The summed E-state index contributed by atoms with van der Waals surface area (Å²) in [5.41, 5.74) is -0.171. The van der Waals surface area contributed by atoms with E-state index in [-0.39, 0.29) is 16.9 Å². The minimum Gasteiger partial charge on any atom is -0.388 e. The van der Waals surface area contributed by atoms with Crippen molar-refractivity contribution in [2.24, 2.45) is 5.16 Å². The third-order valence-corrected chi connectivity index (χ3v) is 4.63. The summed E-state index contributed by atoms with van der Waals surface area (Å²) in [5, 5.41) is 19.0. The van der Waals surface area contributed by atoms with Crippen LogP contribution >= 0.6 is 22.9 Å². The van der Waals surface area contributed by atoms with Gasteiger partial charge in [-0.25, -0.2) is 4.98 Å². The molecule has 0 radical (unpaired) electrons. The Morgan fingerprint density at radius 3 is 2.88 bits per heavy atom. The van der Waals surface area contributed by atoms with Crippen LogP contribution in [0.25, 0.3) is 0 Å². The minimum absolute atomic E-state index is 0.0586. The quantitative estimate of drug-likeness (QED) is 0.815. The van der Waals surface area contributed by atoms with Crippen LogP contribution in [0.2, 0.25) is 5.02 Å². The summed E-state index contributed by atoms with van der Waals surface area (Å²) in [6, 6.07) is 0.859. The summed E-state index contributed by atoms with van der Waals surface area (Å²) in [6.45, 7) is 0.312. The molecule has 3 rings (SSSR count). The molecular weight excluding hydrogens is 381 g/mol. The summed E-state index contributed by atoms with van der Waals surface area (Å²) >= 11 is 7.23. The molecule has 1 aliphatic rings. The molecule has 3 N–H and O–H groups in total. The molecule has 7 nitrogen and oxygen atoms in total. The fraction of sp³-hybridized carbons (Fsp3) is 0.385. The molecule has 0 saturated carbocycles. The first-order chi connectivity index (χ1) is 11.9. The number of halogens is 4. The van der Waals surface area contributed by atoms with E-state index in [2.05, 4.69) is 31.0 Å². The van der Waals surface area contributed by atoms with Crippen LogP contribution in [0.15, 0.2) is 17.4 Å². The van der Waals surface area contributed by atoms with Crippen LogP contribution in [-0.2, 0) is 11.0 Å². The molecule has 1 aliphatic heterocycles. The molecule has 0 saturated heterocycles. The lowest BCUT2D eigenvalue weighted by Gasteiger charge is -2.08. The normalized spacial score (nSPS) is 17.2. The Bertz CT molecular complexity index is 796. The van der Waals surface area contributed by atoms with Gasteiger partial charge in [0.05, 0.1) is 5.56 Å². The standard InChI is InChI=1S/C13H12ClF3N6OS/c1-18-12-22-21-11(25-12)9-3-7(24-23-9)5-20-10-8(14)2-6(4-19-10)13(15,16)17/h2,4,7H,3,5H2,1H3,(H,18,22)(H,19,20)/p+1/t7-/m1/s1. The van der Waals surface area contributed by atoms with Gasteiger partial charge in [0.15, 0.2) is 11.1 Å². The van der Waals surface area contributed by atoms with Crippen molar-refractivity contribution in [1.82, 2.24) is 10.2 Å². The van der Waals surface area contributed by atoms with Gasteiger partial charge < -0.3 is 10.2 Å². The van der Waals surface area contributed by atoms with Crippen LogP contribution in [0.4, 0.5) is 24.1 Å². The Morgan fingerprint density at radius 1 is 1.44 bits per heavy atom. The second-order valence-corrected chi connectivity index (χ2v) is 6.51. The molecule has 1 atom stereocenters. The van der Waals surface area contributed by atoms with E-state index >= 15 is 0 Å². The third-order valence-electron chi connectivity index (χ3n) is 3.35. The number of hydrogen-bond donors (Lipinski definition) is 2. The van der Waals surface area contributed by atoms with E-state index < -0.39 is 11.7 Å². The summed E-state index contributed by atoms with van der Waals surface area (Å²) in [6.07, 6.45) is -3.39. The van der Waals surface area contributed by atoms with Gasteiger partial charge in [-0.1, -0.05) is 28.1 Å². The first-order valence-corrected chi connectivity index (χ1v) is 8.33. The molecule has 2 aromatic heterocycles. The van der Waals surface area contributed by atoms with Crippen molar-refractivity contribution in [3.8, 4) is 0 Å². The summed E-state index contributed by atoms with van der Waals surface area (Å²) in [4.78, 5) is 7.81. The number of H-pyrrole nitrogens is 1. The summed E-state index contributed by atoms with van der Waals surface area (Å²) in [5.74, 6) is 0.278. The van der Waals surface area contributed by atoms with Gasteiger partial charge in [0, 0.05) is 13.5 Å². The van der Waals surface area contributed by atoms with Crippen molar-refractivity contribution in [1.29, 1.82) is 0 Å². The smallest absolute Gasteiger partial charge is 0.388 e. The van der Waals surface area contributed by atoms with Crippen LogP contribution in [0.1, 0.15) is 17.0 Å². The van der Waals surface area contributed by atoms with Crippen molar-refractivity contribution in [3.63, 3.8) is 0 Å². The third kappa shape index (κ3) is 4.10. The Morgan fingerprint density at radius 2 is 2.24 bits per heavy atom. The predicted molar refractivity (Wildman–Crippen MR) is 87.0 cm³/mol.